The first-order valence-electron chi connectivity index (χ1n) is 4.47. The molecule has 1 heterocycles. The minimum absolute atomic E-state index is 0.354. The molecule has 1 aromatic heterocycles. The molecule has 16 heavy (non-hydrogen) atoms. The zero-order chi connectivity index (χ0) is 11.5. The lowest BCUT2D eigenvalue weighted by Gasteiger charge is -2.10. The van der Waals surface area contributed by atoms with Crippen molar-refractivity contribution in [3.05, 3.63) is 23.4 Å². The average molecular weight is 257 g/mol. The first kappa shape index (κ1) is 11.2. The van der Waals surface area contributed by atoms with Crippen LogP contribution in [0.2, 0.25) is 5.15 Å². The third-order valence-corrected chi connectivity index (χ3v) is 3.01. The fourth-order valence-electron chi connectivity index (χ4n) is 1.41. The van der Waals surface area contributed by atoms with Gasteiger partial charge in [-0.25, -0.2) is 0 Å². The molecule has 2 rings (SSSR count). The number of hydrogen-bond acceptors (Lipinski definition) is 5. The van der Waals surface area contributed by atoms with Gasteiger partial charge in [-0.3, -0.25) is 0 Å². The average Bonchev–Trinajstić information content (AvgIpc) is 2.74. The Morgan fingerprint density at radius 3 is 2.19 bits per heavy atom. The van der Waals surface area contributed by atoms with Crippen LogP contribution in [0.3, 0.4) is 0 Å². The lowest BCUT2D eigenvalue weighted by atomic mass is 10.1. The van der Waals surface area contributed by atoms with Crippen molar-refractivity contribution in [2.75, 3.05) is 14.2 Å². The topological polar surface area (TPSA) is 44.2 Å². The number of hydrogen-bond donors (Lipinski definition) is 0. The minimum Gasteiger partial charge on any atom is -0.496 e. The second kappa shape index (κ2) is 4.67. The van der Waals surface area contributed by atoms with E-state index in [2.05, 4.69) is 8.75 Å². The molecule has 0 atom stereocenters. The summed E-state index contributed by atoms with van der Waals surface area (Å²) in [6.45, 7) is 0. The Hall–Kier alpha value is -1.33. The Bertz CT molecular complexity index is 479. The van der Waals surface area contributed by atoms with Crippen LogP contribution >= 0.6 is 23.3 Å². The maximum Gasteiger partial charge on any atom is 0.171 e. The molecular weight excluding hydrogens is 248 g/mol. The van der Waals surface area contributed by atoms with E-state index >= 15 is 0 Å². The van der Waals surface area contributed by atoms with E-state index in [9.17, 15) is 0 Å². The number of methoxy groups -OCH3 is 2. The number of nitrogens with zero attached hydrogens (tertiary/aromatic N) is 2. The maximum atomic E-state index is 5.96. The summed E-state index contributed by atoms with van der Waals surface area (Å²) >= 11 is 7.01. The molecule has 2 aromatic rings. The molecule has 84 valence electrons. The molecule has 0 radical (unpaired) electrons. The van der Waals surface area contributed by atoms with Crippen molar-refractivity contribution >= 4 is 23.3 Å². The zero-order valence-corrected chi connectivity index (χ0v) is 10.3. The van der Waals surface area contributed by atoms with Crippen LogP contribution in [0.15, 0.2) is 18.2 Å². The third kappa shape index (κ3) is 1.83. The second-order valence-corrected chi connectivity index (χ2v) is 3.83. The van der Waals surface area contributed by atoms with Gasteiger partial charge in [0.1, 0.15) is 17.2 Å². The summed E-state index contributed by atoms with van der Waals surface area (Å²) in [5, 5.41) is 0.354. The SMILES string of the molecule is COc1cccc(OC)c1-c1nsnc1Cl. The molecule has 0 N–H and O–H groups in total. The van der Waals surface area contributed by atoms with Crippen LogP contribution in [-0.2, 0) is 0 Å². The predicted octanol–water partition coefficient (Wildman–Crippen LogP) is 2.88. The van der Waals surface area contributed by atoms with Crippen molar-refractivity contribution in [1.82, 2.24) is 8.75 Å². The van der Waals surface area contributed by atoms with Gasteiger partial charge in [0.25, 0.3) is 0 Å². The molecule has 6 heteroatoms. The van der Waals surface area contributed by atoms with Crippen molar-refractivity contribution in [1.29, 1.82) is 0 Å². The lowest BCUT2D eigenvalue weighted by Crippen LogP contribution is -1.93. The third-order valence-electron chi connectivity index (χ3n) is 2.11. The molecule has 0 aliphatic heterocycles. The van der Waals surface area contributed by atoms with Crippen LogP contribution in [0.1, 0.15) is 0 Å². The molecule has 0 unspecified atom stereocenters. The Kier molecular flexibility index (Phi) is 3.26. The number of halogens is 1. The van der Waals surface area contributed by atoms with E-state index in [0.717, 1.165) is 17.3 Å². The Morgan fingerprint density at radius 1 is 1.12 bits per heavy atom. The van der Waals surface area contributed by atoms with Gasteiger partial charge >= 0.3 is 0 Å². The van der Waals surface area contributed by atoms with Crippen LogP contribution < -0.4 is 9.47 Å². The summed E-state index contributed by atoms with van der Waals surface area (Å²) in [7, 11) is 3.18. The van der Waals surface area contributed by atoms with E-state index in [0.29, 0.717) is 22.3 Å². The Labute approximate surface area is 102 Å². The summed E-state index contributed by atoms with van der Waals surface area (Å²) < 4.78 is 18.6. The number of benzene rings is 1. The van der Waals surface area contributed by atoms with Gasteiger partial charge in [-0.1, -0.05) is 17.7 Å². The van der Waals surface area contributed by atoms with Gasteiger partial charge < -0.3 is 9.47 Å². The molecule has 4 nitrogen and oxygen atoms in total. The van der Waals surface area contributed by atoms with E-state index < -0.39 is 0 Å². The highest BCUT2D eigenvalue weighted by molar-refractivity contribution is 6.99. The quantitative estimate of drug-likeness (QED) is 0.847. The van der Waals surface area contributed by atoms with Gasteiger partial charge in [-0.15, -0.1) is 0 Å². The Morgan fingerprint density at radius 2 is 1.75 bits per heavy atom. The largest absolute Gasteiger partial charge is 0.496 e. The normalized spacial score (nSPS) is 10.2. The fraction of sp³-hybridized carbons (Fsp3) is 0.200. The molecule has 0 bridgehead atoms. The highest BCUT2D eigenvalue weighted by Gasteiger charge is 2.18. The summed E-state index contributed by atoms with van der Waals surface area (Å²) in [6.07, 6.45) is 0. The maximum absolute atomic E-state index is 5.96. The fourth-order valence-corrected chi connectivity index (χ4v) is 2.15. The highest BCUT2D eigenvalue weighted by Crippen LogP contribution is 2.40. The van der Waals surface area contributed by atoms with Gasteiger partial charge in [0.05, 0.1) is 31.5 Å². The van der Waals surface area contributed by atoms with Gasteiger partial charge in [-0.05, 0) is 12.1 Å². The smallest absolute Gasteiger partial charge is 0.171 e. The Balaban J connectivity index is 2.66. The van der Waals surface area contributed by atoms with Crippen molar-refractivity contribution < 1.29 is 9.47 Å². The van der Waals surface area contributed by atoms with Crippen LogP contribution in [0.5, 0.6) is 11.5 Å². The molecule has 0 aliphatic rings. The van der Waals surface area contributed by atoms with Crippen LogP contribution in [0.25, 0.3) is 11.3 Å². The van der Waals surface area contributed by atoms with Crippen LogP contribution in [0.4, 0.5) is 0 Å². The first-order valence-corrected chi connectivity index (χ1v) is 5.58. The molecule has 0 spiro atoms. The van der Waals surface area contributed by atoms with E-state index in [4.69, 9.17) is 21.1 Å². The number of rotatable bonds is 3. The summed E-state index contributed by atoms with van der Waals surface area (Å²) in [5.41, 5.74) is 1.31. The lowest BCUT2D eigenvalue weighted by molar-refractivity contribution is 0.397. The molecule has 0 aliphatic carbocycles. The molecule has 0 saturated carbocycles. The van der Waals surface area contributed by atoms with Crippen LogP contribution in [0, 0.1) is 0 Å². The van der Waals surface area contributed by atoms with Gasteiger partial charge in [0.15, 0.2) is 5.15 Å². The highest BCUT2D eigenvalue weighted by atomic mass is 35.5. The van der Waals surface area contributed by atoms with Crippen molar-refractivity contribution in [3.8, 4) is 22.8 Å². The van der Waals surface area contributed by atoms with Gasteiger partial charge in [-0.2, -0.15) is 8.75 Å². The number of ether oxygens (including phenoxy) is 2. The minimum atomic E-state index is 0.354. The molecule has 1 aromatic carbocycles. The monoisotopic (exact) mass is 256 g/mol. The van der Waals surface area contributed by atoms with Crippen LogP contribution in [-0.4, -0.2) is 23.0 Å². The van der Waals surface area contributed by atoms with E-state index in [1.54, 1.807) is 14.2 Å². The zero-order valence-electron chi connectivity index (χ0n) is 8.73. The molecule has 0 fully saturated rings. The number of aromatic nitrogens is 2. The van der Waals surface area contributed by atoms with Crippen molar-refractivity contribution in [2.45, 2.75) is 0 Å². The molecule has 0 amide bonds. The summed E-state index contributed by atoms with van der Waals surface area (Å²) in [6, 6.07) is 5.50. The second-order valence-electron chi connectivity index (χ2n) is 2.94. The van der Waals surface area contributed by atoms with Gasteiger partial charge in [0.2, 0.25) is 0 Å². The first-order chi connectivity index (χ1) is 7.77. The van der Waals surface area contributed by atoms with Crippen molar-refractivity contribution in [3.63, 3.8) is 0 Å². The summed E-state index contributed by atoms with van der Waals surface area (Å²) in [5.74, 6) is 1.32. The predicted molar refractivity (Wildman–Crippen MR) is 63.5 cm³/mol. The standard InChI is InChI=1S/C10H9ClN2O2S/c1-14-6-4-3-5-7(15-2)8(6)9-10(11)13-16-12-9/h3-5H,1-2H3. The van der Waals surface area contributed by atoms with E-state index in [-0.39, 0.29) is 0 Å². The van der Waals surface area contributed by atoms with Crippen molar-refractivity contribution in [2.24, 2.45) is 0 Å². The van der Waals surface area contributed by atoms with Gasteiger partial charge in [0, 0.05) is 0 Å². The molecular formula is C10H9ClN2O2S. The van der Waals surface area contributed by atoms with E-state index in [1.807, 2.05) is 18.2 Å². The molecule has 0 saturated heterocycles. The van der Waals surface area contributed by atoms with E-state index in [1.165, 1.54) is 0 Å². The summed E-state index contributed by atoms with van der Waals surface area (Å²) in [4.78, 5) is 0.